The third-order valence-electron chi connectivity index (χ3n) is 5.30. The van der Waals surface area contributed by atoms with Crippen LogP contribution in [0.4, 0.5) is 5.69 Å². The predicted octanol–water partition coefficient (Wildman–Crippen LogP) is 4.43. The molecular formula is C24H25N3O5S. The number of benzene rings is 2. The second-order valence-corrected chi connectivity index (χ2v) is 9.46. The maximum Gasteiger partial charge on any atom is 0.310 e. The molecule has 0 saturated carbocycles. The fraction of sp³-hybridized carbons (Fsp3) is 0.250. The van der Waals surface area contributed by atoms with Gasteiger partial charge in [0.05, 0.1) is 30.4 Å². The van der Waals surface area contributed by atoms with E-state index in [1.165, 1.54) is 11.3 Å². The molecule has 9 heteroatoms. The number of hydrogen-bond donors (Lipinski definition) is 1. The van der Waals surface area contributed by atoms with Gasteiger partial charge in [-0.3, -0.25) is 9.52 Å². The van der Waals surface area contributed by atoms with Crippen molar-refractivity contribution < 1.29 is 22.4 Å². The number of amides is 1. The van der Waals surface area contributed by atoms with Crippen LogP contribution < -0.4 is 9.46 Å². The second-order valence-electron chi connectivity index (χ2n) is 7.45. The molecule has 0 fully saturated rings. The Morgan fingerprint density at radius 3 is 2.55 bits per heavy atom. The summed E-state index contributed by atoms with van der Waals surface area (Å²) < 4.78 is 37.3. The average molecular weight is 468 g/mol. The van der Waals surface area contributed by atoms with Crippen LogP contribution in [0.25, 0.3) is 0 Å². The molecule has 4 rings (SSSR count). The summed E-state index contributed by atoms with van der Waals surface area (Å²) in [4.78, 5) is 13.2. The topological polar surface area (TPSA) is 101 Å². The van der Waals surface area contributed by atoms with Crippen molar-refractivity contribution >= 4 is 27.3 Å². The molecule has 8 nitrogen and oxygen atoms in total. The van der Waals surface area contributed by atoms with Crippen LogP contribution in [0.5, 0.6) is 5.75 Å². The van der Waals surface area contributed by atoms with Crippen LogP contribution >= 0.6 is 0 Å². The Hall–Kier alpha value is -3.59. The third kappa shape index (κ3) is 4.93. The van der Waals surface area contributed by atoms with Gasteiger partial charge in [0.15, 0.2) is 5.76 Å². The fourth-order valence-electron chi connectivity index (χ4n) is 3.65. The second kappa shape index (κ2) is 9.50. The largest absolute Gasteiger partial charge is 0.494 e. The number of hydrazone groups is 1. The first-order valence-electron chi connectivity index (χ1n) is 10.7. The number of sulfonamides is 1. The number of nitrogens with one attached hydrogen (secondary N) is 1. The first-order valence-corrected chi connectivity index (χ1v) is 12.3. The SMILES string of the molecule is CCOc1ccccc1[C@H]1CC(c2ccc(NS(=O)(=O)CC)cc2)=NN1C(=O)c1ccco1. The minimum atomic E-state index is -3.36. The van der Waals surface area contributed by atoms with Gasteiger partial charge in [0.2, 0.25) is 10.0 Å². The van der Waals surface area contributed by atoms with E-state index in [1.54, 1.807) is 43.3 Å². The van der Waals surface area contributed by atoms with Gasteiger partial charge >= 0.3 is 5.91 Å². The molecule has 1 aliphatic heterocycles. The molecule has 1 N–H and O–H groups in total. The molecule has 2 heterocycles. The minimum absolute atomic E-state index is 0.00771. The maximum atomic E-state index is 13.2. The van der Waals surface area contributed by atoms with Crippen molar-refractivity contribution in [2.45, 2.75) is 26.3 Å². The van der Waals surface area contributed by atoms with Gasteiger partial charge in [0.1, 0.15) is 5.75 Å². The molecule has 1 atom stereocenters. The molecule has 1 aliphatic rings. The highest BCUT2D eigenvalue weighted by Crippen LogP contribution is 2.38. The number of furan rings is 1. The van der Waals surface area contributed by atoms with Crippen LogP contribution in [0.15, 0.2) is 76.4 Å². The van der Waals surface area contributed by atoms with E-state index in [1.807, 2.05) is 31.2 Å². The number of ether oxygens (including phenoxy) is 1. The summed E-state index contributed by atoms with van der Waals surface area (Å²) in [5, 5.41) is 6.07. The highest BCUT2D eigenvalue weighted by atomic mass is 32.2. The Bertz CT molecular complexity index is 1250. The molecule has 1 aromatic heterocycles. The van der Waals surface area contributed by atoms with Crippen LogP contribution in [0.1, 0.15) is 48.0 Å². The van der Waals surface area contributed by atoms with Crippen LogP contribution in [0, 0.1) is 0 Å². The van der Waals surface area contributed by atoms with Gasteiger partial charge in [-0.2, -0.15) is 5.10 Å². The zero-order valence-electron chi connectivity index (χ0n) is 18.4. The Balaban J connectivity index is 1.67. The Morgan fingerprint density at radius 1 is 1.12 bits per heavy atom. The normalized spacial score (nSPS) is 15.9. The molecule has 172 valence electrons. The summed E-state index contributed by atoms with van der Waals surface area (Å²) in [6.45, 7) is 3.99. The molecule has 0 unspecified atom stereocenters. The zero-order valence-corrected chi connectivity index (χ0v) is 19.2. The fourth-order valence-corrected chi connectivity index (χ4v) is 4.29. The number of anilines is 1. The molecule has 3 aromatic rings. The lowest BCUT2D eigenvalue weighted by Gasteiger charge is -2.23. The van der Waals surface area contributed by atoms with Crippen LogP contribution in [0.3, 0.4) is 0 Å². The summed E-state index contributed by atoms with van der Waals surface area (Å²) in [7, 11) is -3.36. The van der Waals surface area contributed by atoms with Crippen molar-refractivity contribution in [2.24, 2.45) is 5.10 Å². The summed E-state index contributed by atoms with van der Waals surface area (Å²) in [5.41, 5.74) is 2.82. The van der Waals surface area contributed by atoms with E-state index in [0.29, 0.717) is 30.2 Å². The van der Waals surface area contributed by atoms with Crippen molar-refractivity contribution in [1.82, 2.24) is 5.01 Å². The Morgan fingerprint density at radius 2 is 1.88 bits per heavy atom. The first kappa shape index (κ1) is 22.6. The Kier molecular flexibility index (Phi) is 6.50. The molecule has 0 aliphatic carbocycles. The van der Waals surface area contributed by atoms with Gasteiger partial charge in [-0.15, -0.1) is 0 Å². The molecular weight excluding hydrogens is 442 g/mol. The standard InChI is InChI=1S/C24H25N3O5S/c1-3-31-22-9-6-5-8-19(22)21-16-20(25-27(21)24(28)23-10-7-15-32-23)17-11-13-18(14-12-17)26-33(29,30)4-2/h5-15,21,26H,3-4,16H2,1-2H3/t21-/m1/s1. The van der Waals surface area contributed by atoms with Crippen molar-refractivity contribution in [3.63, 3.8) is 0 Å². The lowest BCUT2D eigenvalue weighted by molar-refractivity contribution is 0.0676. The first-order chi connectivity index (χ1) is 15.9. The predicted molar refractivity (Wildman–Crippen MR) is 126 cm³/mol. The van der Waals surface area contributed by atoms with E-state index >= 15 is 0 Å². The smallest absolute Gasteiger partial charge is 0.310 e. The number of carbonyl (C=O) groups excluding carboxylic acids is 1. The van der Waals surface area contributed by atoms with E-state index < -0.39 is 10.0 Å². The number of nitrogens with zero attached hydrogens (tertiary/aromatic N) is 2. The highest BCUT2D eigenvalue weighted by molar-refractivity contribution is 7.92. The number of rotatable bonds is 8. The van der Waals surface area contributed by atoms with Gasteiger partial charge in [-0.25, -0.2) is 13.4 Å². The zero-order chi connectivity index (χ0) is 23.4. The van der Waals surface area contributed by atoms with Gasteiger partial charge < -0.3 is 9.15 Å². The quantitative estimate of drug-likeness (QED) is 0.528. The van der Waals surface area contributed by atoms with Crippen molar-refractivity contribution in [3.8, 4) is 5.75 Å². The van der Waals surface area contributed by atoms with Gasteiger partial charge in [-0.05, 0) is 49.7 Å². The van der Waals surface area contributed by atoms with Crippen molar-refractivity contribution in [1.29, 1.82) is 0 Å². The van der Waals surface area contributed by atoms with E-state index in [-0.39, 0.29) is 23.5 Å². The number of para-hydroxylation sites is 1. The molecule has 33 heavy (non-hydrogen) atoms. The van der Waals surface area contributed by atoms with Crippen LogP contribution in [-0.2, 0) is 10.0 Å². The highest BCUT2D eigenvalue weighted by Gasteiger charge is 2.36. The molecule has 0 spiro atoms. The summed E-state index contributed by atoms with van der Waals surface area (Å²) >= 11 is 0. The van der Waals surface area contributed by atoms with Gasteiger partial charge in [-0.1, -0.05) is 30.3 Å². The monoisotopic (exact) mass is 467 g/mol. The van der Waals surface area contributed by atoms with E-state index in [4.69, 9.17) is 9.15 Å². The van der Waals surface area contributed by atoms with E-state index in [9.17, 15) is 13.2 Å². The van der Waals surface area contributed by atoms with Gasteiger partial charge in [0, 0.05) is 17.7 Å². The molecule has 0 bridgehead atoms. The van der Waals surface area contributed by atoms with Crippen LogP contribution in [-0.4, -0.2) is 37.4 Å². The van der Waals surface area contributed by atoms with Crippen molar-refractivity contribution in [2.75, 3.05) is 17.1 Å². The summed E-state index contributed by atoms with van der Waals surface area (Å²) in [5.74, 6) is 0.538. The average Bonchev–Trinajstić information content (AvgIpc) is 3.50. The lowest BCUT2D eigenvalue weighted by atomic mass is 9.97. The minimum Gasteiger partial charge on any atom is -0.494 e. The molecule has 0 saturated heterocycles. The summed E-state index contributed by atoms with van der Waals surface area (Å²) in [6.07, 6.45) is 1.92. The number of hydrogen-bond acceptors (Lipinski definition) is 6. The Labute approximate surface area is 192 Å². The summed E-state index contributed by atoms with van der Waals surface area (Å²) in [6, 6.07) is 17.4. The van der Waals surface area contributed by atoms with Gasteiger partial charge in [0.25, 0.3) is 0 Å². The van der Waals surface area contributed by atoms with E-state index in [0.717, 1.165) is 11.1 Å². The molecule has 1 amide bonds. The van der Waals surface area contributed by atoms with Crippen LogP contribution in [0.2, 0.25) is 0 Å². The van der Waals surface area contributed by atoms with E-state index in [2.05, 4.69) is 9.82 Å². The molecule has 2 aromatic carbocycles. The third-order valence-corrected chi connectivity index (χ3v) is 6.61. The molecule has 0 radical (unpaired) electrons. The number of carbonyl (C=O) groups is 1. The maximum absolute atomic E-state index is 13.2. The lowest BCUT2D eigenvalue weighted by Crippen LogP contribution is -2.27. The van der Waals surface area contributed by atoms with Crippen molar-refractivity contribution in [3.05, 3.63) is 83.8 Å².